The van der Waals surface area contributed by atoms with Gasteiger partial charge in [-0.15, -0.1) is 0 Å². The predicted molar refractivity (Wildman–Crippen MR) is 97.7 cm³/mol. The standard InChI is InChI=1S/C18H22N2O4S/c1-2-13-25(22,23)17-6-4-3-5-16(17)18(21)20-14-7-9-15(10-8-14)24-12-11-19/h3-10H,2,11-13,19H2,1H3,(H,20,21). The van der Waals surface area contributed by atoms with E-state index in [0.29, 0.717) is 31.0 Å². The second kappa shape index (κ2) is 8.64. The molecule has 0 fully saturated rings. The minimum Gasteiger partial charge on any atom is -0.492 e. The maximum absolute atomic E-state index is 12.5. The van der Waals surface area contributed by atoms with E-state index in [1.54, 1.807) is 43.3 Å². The van der Waals surface area contributed by atoms with Crippen molar-refractivity contribution in [2.45, 2.75) is 18.2 Å². The molecular formula is C18H22N2O4S. The second-order valence-electron chi connectivity index (χ2n) is 5.43. The molecule has 25 heavy (non-hydrogen) atoms. The Balaban J connectivity index is 2.19. The first-order valence-corrected chi connectivity index (χ1v) is 9.69. The lowest BCUT2D eigenvalue weighted by Crippen LogP contribution is -2.17. The van der Waals surface area contributed by atoms with Gasteiger partial charge in [0.1, 0.15) is 12.4 Å². The van der Waals surface area contributed by atoms with Crippen LogP contribution in [0.1, 0.15) is 23.7 Å². The summed E-state index contributed by atoms with van der Waals surface area (Å²) in [6.07, 6.45) is 0.489. The molecule has 0 unspecified atom stereocenters. The second-order valence-corrected chi connectivity index (χ2v) is 7.51. The van der Waals surface area contributed by atoms with Gasteiger partial charge >= 0.3 is 0 Å². The highest BCUT2D eigenvalue weighted by atomic mass is 32.2. The number of hydrogen-bond donors (Lipinski definition) is 2. The van der Waals surface area contributed by atoms with E-state index in [1.807, 2.05) is 0 Å². The van der Waals surface area contributed by atoms with Crippen LogP contribution in [0.3, 0.4) is 0 Å². The van der Waals surface area contributed by atoms with Gasteiger partial charge in [-0.05, 0) is 42.8 Å². The minimum absolute atomic E-state index is 0.00444. The molecule has 0 spiro atoms. The molecule has 0 saturated heterocycles. The van der Waals surface area contributed by atoms with Gasteiger partial charge in [0.2, 0.25) is 0 Å². The van der Waals surface area contributed by atoms with E-state index in [2.05, 4.69) is 5.32 Å². The van der Waals surface area contributed by atoms with E-state index in [1.165, 1.54) is 12.1 Å². The Morgan fingerprint density at radius 1 is 1.12 bits per heavy atom. The number of anilines is 1. The zero-order chi connectivity index (χ0) is 18.3. The largest absolute Gasteiger partial charge is 0.492 e. The van der Waals surface area contributed by atoms with Crippen molar-refractivity contribution in [2.24, 2.45) is 5.73 Å². The molecule has 7 heteroatoms. The number of sulfone groups is 1. The van der Waals surface area contributed by atoms with Crippen LogP contribution in [0.25, 0.3) is 0 Å². The van der Waals surface area contributed by atoms with Crippen LogP contribution in [0.4, 0.5) is 5.69 Å². The van der Waals surface area contributed by atoms with E-state index in [0.717, 1.165) is 0 Å². The number of nitrogens with one attached hydrogen (secondary N) is 1. The highest BCUT2D eigenvalue weighted by Gasteiger charge is 2.21. The predicted octanol–water partition coefficient (Wildman–Crippen LogP) is 2.46. The molecule has 0 atom stereocenters. The molecular weight excluding hydrogens is 340 g/mol. The summed E-state index contributed by atoms with van der Waals surface area (Å²) in [4.78, 5) is 12.6. The Morgan fingerprint density at radius 2 is 1.80 bits per heavy atom. The lowest BCUT2D eigenvalue weighted by molar-refractivity contribution is 0.102. The number of amides is 1. The fraction of sp³-hybridized carbons (Fsp3) is 0.278. The van der Waals surface area contributed by atoms with Crippen molar-refractivity contribution in [3.8, 4) is 5.75 Å². The quantitative estimate of drug-likeness (QED) is 0.752. The van der Waals surface area contributed by atoms with E-state index in [9.17, 15) is 13.2 Å². The summed E-state index contributed by atoms with van der Waals surface area (Å²) in [5.74, 6) is 0.185. The SMILES string of the molecule is CCCS(=O)(=O)c1ccccc1C(=O)Nc1ccc(OCCN)cc1. The van der Waals surface area contributed by atoms with Crippen LogP contribution >= 0.6 is 0 Å². The number of carbonyl (C=O) groups is 1. The van der Waals surface area contributed by atoms with Gasteiger partial charge in [-0.25, -0.2) is 8.42 Å². The molecule has 0 saturated carbocycles. The zero-order valence-corrected chi connectivity index (χ0v) is 14.9. The van der Waals surface area contributed by atoms with Gasteiger partial charge in [-0.2, -0.15) is 0 Å². The highest BCUT2D eigenvalue weighted by molar-refractivity contribution is 7.91. The van der Waals surface area contributed by atoms with Crippen molar-refractivity contribution in [2.75, 3.05) is 24.2 Å². The fourth-order valence-electron chi connectivity index (χ4n) is 2.31. The van der Waals surface area contributed by atoms with Crippen LogP contribution in [0.2, 0.25) is 0 Å². The third-order valence-corrected chi connectivity index (χ3v) is 5.41. The fourth-order valence-corrected chi connectivity index (χ4v) is 3.85. The van der Waals surface area contributed by atoms with Gasteiger partial charge in [-0.1, -0.05) is 19.1 Å². The first-order valence-electron chi connectivity index (χ1n) is 8.04. The molecule has 0 heterocycles. The normalized spacial score (nSPS) is 11.1. The first kappa shape index (κ1) is 19.0. The number of carbonyl (C=O) groups excluding carboxylic acids is 1. The lowest BCUT2D eigenvalue weighted by atomic mass is 10.2. The Morgan fingerprint density at radius 3 is 2.44 bits per heavy atom. The molecule has 3 N–H and O–H groups in total. The lowest BCUT2D eigenvalue weighted by Gasteiger charge is -2.11. The molecule has 134 valence electrons. The van der Waals surface area contributed by atoms with Gasteiger partial charge in [0.25, 0.3) is 5.91 Å². The number of nitrogens with two attached hydrogens (primary N) is 1. The van der Waals surface area contributed by atoms with Gasteiger partial charge < -0.3 is 15.8 Å². The Labute approximate surface area is 147 Å². The molecule has 0 aliphatic rings. The van der Waals surface area contributed by atoms with Gasteiger partial charge in [-0.3, -0.25) is 4.79 Å². The van der Waals surface area contributed by atoms with Crippen molar-refractivity contribution in [3.05, 3.63) is 54.1 Å². The summed E-state index contributed by atoms with van der Waals surface area (Å²) in [5, 5.41) is 2.71. The average molecular weight is 362 g/mol. The number of rotatable bonds is 8. The summed E-state index contributed by atoms with van der Waals surface area (Å²) in [5.41, 5.74) is 6.06. The van der Waals surface area contributed by atoms with Crippen LogP contribution in [-0.2, 0) is 9.84 Å². The van der Waals surface area contributed by atoms with E-state index >= 15 is 0 Å². The maximum Gasteiger partial charge on any atom is 0.256 e. The topological polar surface area (TPSA) is 98.5 Å². The van der Waals surface area contributed by atoms with Crippen LogP contribution in [0, 0.1) is 0 Å². The molecule has 0 aromatic heterocycles. The molecule has 2 aromatic rings. The summed E-state index contributed by atoms with van der Waals surface area (Å²) in [6, 6.07) is 13.0. The molecule has 6 nitrogen and oxygen atoms in total. The highest BCUT2D eigenvalue weighted by Crippen LogP contribution is 2.21. The zero-order valence-electron chi connectivity index (χ0n) is 14.1. The Kier molecular flexibility index (Phi) is 6.55. The third-order valence-electron chi connectivity index (χ3n) is 3.44. The summed E-state index contributed by atoms with van der Waals surface area (Å²) in [7, 11) is -3.49. The first-order chi connectivity index (χ1) is 12.0. The average Bonchev–Trinajstić information content (AvgIpc) is 2.61. The van der Waals surface area contributed by atoms with Crippen molar-refractivity contribution < 1.29 is 17.9 Å². The Hall–Kier alpha value is -2.38. The number of benzene rings is 2. The summed E-state index contributed by atoms with van der Waals surface area (Å²) >= 11 is 0. The summed E-state index contributed by atoms with van der Waals surface area (Å²) in [6.45, 7) is 2.62. The third kappa shape index (κ3) is 5.04. The number of hydrogen-bond acceptors (Lipinski definition) is 5. The van der Waals surface area contributed by atoms with Crippen LogP contribution in [-0.4, -0.2) is 33.2 Å². The van der Waals surface area contributed by atoms with Crippen molar-refractivity contribution in [3.63, 3.8) is 0 Å². The monoisotopic (exact) mass is 362 g/mol. The van der Waals surface area contributed by atoms with Crippen LogP contribution in [0.15, 0.2) is 53.4 Å². The van der Waals surface area contributed by atoms with Gasteiger partial charge in [0.05, 0.1) is 16.2 Å². The van der Waals surface area contributed by atoms with E-state index in [4.69, 9.17) is 10.5 Å². The molecule has 0 aliphatic carbocycles. The molecule has 1 amide bonds. The molecule has 2 rings (SSSR count). The van der Waals surface area contributed by atoms with E-state index in [-0.39, 0.29) is 16.2 Å². The number of ether oxygens (including phenoxy) is 1. The van der Waals surface area contributed by atoms with Crippen LogP contribution < -0.4 is 15.8 Å². The van der Waals surface area contributed by atoms with Crippen molar-refractivity contribution in [1.82, 2.24) is 0 Å². The molecule has 0 bridgehead atoms. The van der Waals surface area contributed by atoms with E-state index < -0.39 is 15.7 Å². The maximum atomic E-state index is 12.5. The molecule has 0 radical (unpaired) electrons. The van der Waals surface area contributed by atoms with Crippen LogP contribution in [0.5, 0.6) is 5.75 Å². The van der Waals surface area contributed by atoms with Gasteiger partial charge in [0, 0.05) is 12.2 Å². The summed E-state index contributed by atoms with van der Waals surface area (Å²) < 4.78 is 30.1. The van der Waals surface area contributed by atoms with Gasteiger partial charge in [0.15, 0.2) is 9.84 Å². The minimum atomic E-state index is -3.49. The van der Waals surface area contributed by atoms with Crippen molar-refractivity contribution in [1.29, 1.82) is 0 Å². The molecule has 2 aromatic carbocycles. The Bertz CT molecular complexity index is 817. The molecule has 0 aliphatic heterocycles. The smallest absolute Gasteiger partial charge is 0.256 e. The van der Waals surface area contributed by atoms with Crippen molar-refractivity contribution >= 4 is 21.4 Å².